The molecule has 1 aliphatic heterocycles. The highest BCUT2D eigenvalue weighted by atomic mass is 16.5. The zero-order valence-corrected chi connectivity index (χ0v) is 9.19. The minimum atomic E-state index is -0.0850. The number of rotatable bonds is 4. The lowest BCUT2D eigenvalue weighted by molar-refractivity contribution is -0.137. The van der Waals surface area contributed by atoms with E-state index < -0.39 is 0 Å². The molecule has 0 radical (unpaired) electrons. The van der Waals surface area contributed by atoms with Crippen molar-refractivity contribution in [1.29, 1.82) is 0 Å². The van der Waals surface area contributed by atoms with Gasteiger partial charge in [0.1, 0.15) is 5.75 Å². The van der Waals surface area contributed by atoms with Crippen molar-refractivity contribution in [3.8, 4) is 5.75 Å². The molecule has 1 aromatic carbocycles. The number of carbonyl (C=O) groups excluding carboxylic acids is 1. The molecule has 0 atom stereocenters. The summed E-state index contributed by atoms with van der Waals surface area (Å²) in [5.41, 5.74) is 8.21. The molecule has 0 aliphatic carbocycles. The van der Waals surface area contributed by atoms with Gasteiger partial charge in [0.25, 0.3) is 5.91 Å². The van der Waals surface area contributed by atoms with E-state index in [-0.39, 0.29) is 18.6 Å². The summed E-state index contributed by atoms with van der Waals surface area (Å²) in [7, 11) is 0. The van der Waals surface area contributed by atoms with Gasteiger partial charge < -0.3 is 9.64 Å². The van der Waals surface area contributed by atoms with E-state index in [1.807, 2.05) is 18.2 Å². The second kappa shape index (κ2) is 5.23. The molecule has 0 N–H and O–H groups in total. The van der Waals surface area contributed by atoms with Crippen LogP contribution < -0.4 is 4.74 Å². The predicted molar refractivity (Wildman–Crippen MR) is 61.5 cm³/mol. The second-order valence-corrected chi connectivity index (χ2v) is 3.76. The summed E-state index contributed by atoms with van der Waals surface area (Å²) in [6.45, 7) is 0.995. The normalized spacial score (nSPS) is 14.7. The quantitative estimate of drug-likeness (QED) is 0.449. The van der Waals surface area contributed by atoms with Crippen LogP contribution in [0.15, 0.2) is 35.4 Å². The van der Waals surface area contributed by atoms with Crippen molar-refractivity contribution in [2.24, 2.45) is 5.11 Å². The zero-order chi connectivity index (χ0) is 12.1. The number of benzene rings is 1. The van der Waals surface area contributed by atoms with Crippen LogP contribution in [0.2, 0.25) is 0 Å². The zero-order valence-electron chi connectivity index (χ0n) is 9.19. The van der Waals surface area contributed by atoms with Crippen molar-refractivity contribution < 1.29 is 9.53 Å². The minimum absolute atomic E-state index is 0.0208. The summed E-state index contributed by atoms with van der Waals surface area (Å²) in [6.07, 6.45) is 0. The Bertz CT molecular complexity index is 436. The maximum atomic E-state index is 11.6. The number of azide groups is 1. The Morgan fingerprint density at radius 2 is 2.18 bits per heavy atom. The van der Waals surface area contributed by atoms with Crippen LogP contribution in [0.3, 0.4) is 0 Å². The molecule has 0 unspecified atom stereocenters. The van der Waals surface area contributed by atoms with Gasteiger partial charge in [-0.15, -0.1) is 0 Å². The Morgan fingerprint density at radius 1 is 1.47 bits per heavy atom. The molecule has 17 heavy (non-hydrogen) atoms. The Morgan fingerprint density at radius 3 is 2.82 bits per heavy atom. The van der Waals surface area contributed by atoms with Gasteiger partial charge in [-0.3, -0.25) is 4.79 Å². The summed E-state index contributed by atoms with van der Waals surface area (Å²) in [5, 5.41) is 3.53. The molecule has 1 aromatic rings. The topological polar surface area (TPSA) is 78.3 Å². The van der Waals surface area contributed by atoms with E-state index in [2.05, 4.69) is 10.0 Å². The highest BCUT2D eigenvalue weighted by molar-refractivity contribution is 5.78. The highest BCUT2D eigenvalue weighted by Gasteiger charge is 2.29. The monoisotopic (exact) mass is 232 g/mol. The molecule has 0 bridgehead atoms. The average molecular weight is 232 g/mol. The Labute approximate surface area is 98.4 Å². The Hall–Kier alpha value is -2.20. The second-order valence-electron chi connectivity index (χ2n) is 3.76. The van der Waals surface area contributed by atoms with Gasteiger partial charge in [-0.1, -0.05) is 23.3 Å². The fourth-order valence-electron chi connectivity index (χ4n) is 1.56. The fraction of sp³-hybridized carbons (Fsp3) is 0.364. The van der Waals surface area contributed by atoms with E-state index in [4.69, 9.17) is 10.3 Å². The molecule has 0 saturated carbocycles. The van der Waals surface area contributed by atoms with Crippen molar-refractivity contribution in [2.75, 3.05) is 19.7 Å². The van der Waals surface area contributed by atoms with Crippen molar-refractivity contribution >= 4 is 5.91 Å². The number of ether oxygens (including phenoxy) is 1. The molecule has 0 spiro atoms. The summed E-state index contributed by atoms with van der Waals surface area (Å²) in [5.74, 6) is 0.589. The van der Waals surface area contributed by atoms with Crippen LogP contribution >= 0.6 is 0 Å². The third kappa shape index (κ3) is 2.89. The van der Waals surface area contributed by atoms with E-state index in [1.54, 1.807) is 17.0 Å². The molecule has 1 amide bonds. The minimum Gasteiger partial charge on any atom is -0.484 e. The lowest BCUT2D eigenvalue weighted by Crippen LogP contribution is -2.53. The van der Waals surface area contributed by atoms with Gasteiger partial charge in [-0.2, -0.15) is 0 Å². The van der Waals surface area contributed by atoms with Gasteiger partial charge in [0.2, 0.25) is 0 Å². The average Bonchev–Trinajstić information content (AvgIpc) is 2.31. The van der Waals surface area contributed by atoms with E-state index in [9.17, 15) is 4.79 Å². The standard InChI is InChI=1S/C11H12N4O2/c12-14-13-9-6-15(7-9)11(16)8-17-10-4-2-1-3-5-10/h1-5,9H,6-8H2. The third-order valence-electron chi connectivity index (χ3n) is 2.54. The number of hydrogen-bond donors (Lipinski definition) is 0. The first-order valence-corrected chi connectivity index (χ1v) is 5.29. The number of carbonyl (C=O) groups is 1. The number of para-hydroxylation sites is 1. The van der Waals surface area contributed by atoms with Crippen molar-refractivity contribution in [2.45, 2.75) is 6.04 Å². The number of amides is 1. The summed E-state index contributed by atoms with van der Waals surface area (Å²) < 4.78 is 5.33. The lowest BCUT2D eigenvalue weighted by atomic mass is 10.1. The molecule has 2 rings (SSSR count). The number of hydrogen-bond acceptors (Lipinski definition) is 3. The summed E-state index contributed by atoms with van der Waals surface area (Å²) >= 11 is 0. The molecule has 0 aromatic heterocycles. The molecule has 88 valence electrons. The first kappa shape index (κ1) is 11.3. The van der Waals surface area contributed by atoms with Crippen LogP contribution in [0.5, 0.6) is 5.75 Å². The third-order valence-corrected chi connectivity index (χ3v) is 2.54. The van der Waals surface area contributed by atoms with Crippen LogP contribution in [0.4, 0.5) is 0 Å². The number of nitrogens with zero attached hydrogens (tertiary/aromatic N) is 4. The molecular weight excluding hydrogens is 220 g/mol. The van der Waals surface area contributed by atoms with Gasteiger partial charge in [0.15, 0.2) is 6.61 Å². The van der Waals surface area contributed by atoms with Gasteiger partial charge in [0.05, 0.1) is 6.04 Å². The van der Waals surface area contributed by atoms with Gasteiger partial charge in [-0.25, -0.2) is 0 Å². The van der Waals surface area contributed by atoms with Crippen LogP contribution in [0.1, 0.15) is 0 Å². The SMILES string of the molecule is [N-]=[N+]=NC1CN(C(=O)COc2ccccc2)C1. The fourth-order valence-corrected chi connectivity index (χ4v) is 1.56. The van der Waals surface area contributed by atoms with Crippen molar-refractivity contribution in [3.63, 3.8) is 0 Å². The summed E-state index contributed by atoms with van der Waals surface area (Å²) in [4.78, 5) is 15.9. The van der Waals surface area contributed by atoms with E-state index in [0.29, 0.717) is 18.8 Å². The molecule has 1 saturated heterocycles. The number of likely N-dealkylation sites (tertiary alicyclic amines) is 1. The maximum Gasteiger partial charge on any atom is 0.260 e. The van der Waals surface area contributed by atoms with Crippen LogP contribution in [0, 0.1) is 0 Å². The summed E-state index contributed by atoms with van der Waals surface area (Å²) in [6, 6.07) is 9.09. The molecule has 6 nitrogen and oxygen atoms in total. The van der Waals surface area contributed by atoms with Crippen LogP contribution in [-0.4, -0.2) is 36.5 Å². The van der Waals surface area contributed by atoms with Crippen molar-refractivity contribution in [3.05, 3.63) is 40.8 Å². The van der Waals surface area contributed by atoms with Gasteiger partial charge in [-0.05, 0) is 17.7 Å². The predicted octanol–water partition coefficient (Wildman–Crippen LogP) is 1.59. The van der Waals surface area contributed by atoms with Crippen LogP contribution in [0.25, 0.3) is 10.4 Å². The van der Waals surface area contributed by atoms with E-state index >= 15 is 0 Å². The molecule has 6 heteroatoms. The smallest absolute Gasteiger partial charge is 0.260 e. The van der Waals surface area contributed by atoms with Crippen LogP contribution in [-0.2, 0) is 4.79 Å². The lowest BCUT2D eigenvalue weighted by Gasteiger charge is -2.36. The maximum absolute atomic E-state index is 11.6. The largest absolute Gasteiger partial charge is 0.484 e. The first-order valence-electron chi connectivity index (χ1n) is 5.29. The molecule has 1 fully saturated rings. The Kier molecular flexibility index (Phi) is 3.47. The molecule has 1 heterocycles. The Balaban J connectivity index is 1.74. The van der Waals surface area contributed by atoms with E-state index in [1.165, 1.54) is 0 Å². The van der Waals surface area contributed by atoms with E-state index in [0.717, 1.165) is 0 Å². The highest BCUT2D eigenvalue weighted by Crippen LogP contribution is 2.13. The molecule has 1 aliphatic rings. The van der Waals surface area contributed by atoms with Crippen molar-refractivity contribution in [1.82, 2.24) is 4.90 Å². The first-order chi connectivity index (χ1) is 8.29. The molecular formula is C11H12N4O2. The van der Waals surface area contributed by atoms with Gasteiger partial charge in [0, 0.05) is 18.0 Å². The van der Waals surface area contributed by atoms with Gasteiger partial charge >= 0.3 is 0 Å².